The van der Waals surface area contributed by atoms with Crippen molar-refractivity contribution in [1.29, 1.82) is 0 Å². The summed E-state index contributed by atoms with van der Waals surface area (Å²) in [6, 6.07) is 13.4. The van der Waals surface area contributed by atoms with Crippen molar-refractivity contribution in [2.45, 2.75) is 6.10 Å². The summed E-state index contributed by atoms with van der Waals surface area (Å²) in [5.74, 6) is 0.761. The number of benzene rings is 2. The van der Waals surface area contributed by atoms with E-state index in [1.807, 2.05) is 0 Å². The van der Waals surface area contributed by atoms with Crippen LogP contribution in [0.3, 0.4) is 0 Å². The zero-order valence-corrected chi connectivity index (χ0v) is 10.3. The molecule has 0 saturated carbocycles. The predicted molar refractivity (Wildman–Crippen MR) is 70.0 cm³/mol. The number of aliphatic hydroxyl groups excluding tert-OH is 1. The molecule has 0 radical (unpaired) electrons. The van der Waals surface area contributed by atoms with Crippen molar-refractivity contribution in [3.8, 4) is 11.5 Å². The number of ether oxygens (including phenoxy) is 1. The van der Waals surface area contributed by atoms with Crippen molar-refractivity contribution >= 4 is 11.6 Å². The van der Waals surface area contributed by atoms with Crippen LogP contribution in [0.1, 0.15) is 11.7 Å². The van der Waals surface area contributed by atoms with Crippen molar-refractivity contribution in [3.63, 3.8) is 0 Å². The average Bonchev–Trinajstić information content (AvgIpc) is 2.38. The first-order chi connectivity index (χ1) is 8.65. The summed E-state index contributed by atoms with van der Waals surface area (Å²) in [4.78, 5) is 0. The third-order valence-electron chi connectivity index (χ3n) is 2.48. The van der Waals surface area contributed by atoms with Crippen LogP contribution in [0.15, 0.2) is 48.5 Å². The lowest BCUT2D eigenvalue weighted by molar-refractivity contribution is 0.108. The standard InChI is InChI=1S/C14H13ClO3/c15-11-4-6-13(7-5-11)18-9-14(17)10-2-1-3-12(16)8-10/h1-8,14,16-17H,9H2. The zero-order valence-electron chi connectivity index (χ0n) is 9.58. The second-order valence-corrected chi connectivity index (χ2v) is 4.31. The number of hydrogen-bond donors (Lipinski definition) is 2. The van der Waals surface area contributed by atoms with Gasteiger partial charge in [-0.25, -0.2) is 0 Å². The van der Waals surface area contributed by atoms with E-state index in [-0.39, 0.29) is 12.4 Å². The second kappa shape index (κ2) is 5.76. The molecular formula is C14H13ClO3. The minimum Gasteiger partial charge on any atom is -0.508 e. The van der Waals surface area contributed by atoms with Crippen LogP contribution in [0.4, 0.5) is 0 Å². The number of phenols is 1. The lowest BCUT2D eigenvalue weighted by Crippen LogP contribution is -2.09. The second-order valence-electron chi connectivity index (χ2n) is 3.88. The monoisotopic (exact) mass is 264 g/mol. The molecule has 0 bridgehead atoms. The molecule has 94 valence electrons. The number of hydrogen-bond acceptors (Lipinski definition) is 3. The van der Waals surface area contributed by atoms with E-state index < -0.39 is 6.10 Å². The van der Waals surface area contributed by atoms with Crippen molar-refractivity contribution in [3.05, 3.63) is 59.1 Å². The third-order valence-corrected chi connectivity index (χ3v) is 2.73. The first-order valence-electron chi connectivity index (χ1n) is 5.50. The van der Waals surface area contributed by atoms with Crippen LogP contribution >= 0.6 is 11.6 Å². The highest BCUT2D eigenvalue weighted by atomic mass is 35.5. The minimum atomic E-state index is -0.784. The van der Waals surface area contributed by atoms with Crippen LogP contribution in [0.2, 0.25) is 5.02 Å². The fourth-order valence-electron chi connectivity index (χ4n) is 1.53. The first kappa shape index (κ1) is 12.7. The molecule has 0 fully saturated rings. The van der Waals surface area contributed by atoms with Crippen LogP contribution in [0.25, 0.3) is 0 Å². The Kier molecular flexibility index (Phi) is 4.07. The third kappa shape index (κ3) is 3.39. The number of aromatic hydroxyl groups is 1. The van der Waals surface area contributed by atoms with E-state index in [0.717, 1.165) is 0 Å². The normalized spacial score (nSPS) is 12.1. The Hall–Kier alpha value is -1.71. The van der Waals surface area contributed by atoms with Crippen molar-refractivity contribution in [1.82, 2.24) is 0 Å². The lowest BCUT2D eigenvalue weighted by atomic mass is 10.1. The molecule has 0 aliphatic carbocycles. The van der Waals surface area contributed by atoms with Crippen LogP contribution in [0.5, 0.6) is 11.5 Å². The molecule has 4 heteroatoms. The van der Waals surface area contributed by atoms with E-state index in [4.69, 9.17) is 16.3 Å². The van der Waals surface area contributed by atoms with Crippen molar-refractivity contribution in [2.24, 2.45) is 0 Å². The van der Waals surface area contributed by atoms with Gasteiger partial charge >= 0.3 is 0 Å². The van der Waals surface area contributed by atoms with Gasteiger partial charge in [0.25, 0.3) is 0 Å². The molecule has 0 aromatic heterocycles. The van der Waals surface area contributed by atoms with Gasteiger partial charge in [0, 0.05) is 5.02 Å². The van der Waals surface area contributed by atoms with Gasteiger partial charge in [0.1, 0.15) is 24.2 Å². The molecule has 3 nitrogen and oxygen atoms in total. The summed E-state index contributed by atoms with van der Waals surface area (Å²) in [5, 5.41) is 19.8. The highest BCUT2D eigenvalue weighted by Crippen LogP contribution is 2.20. The molecule has 0 amide bonds. The molecule has 0 saturated heterocycles. The first-order valence-corrected chi connectivity index (χ1v) is 5.88. The summed E-state index contributed by atoms with van der Waals surface area (Å²) < 4.78 is 5.43. The Morgan fingerprint density at radius 3 is 2.50 bits per heavy atom. The topological polar surface area (TPSA) is 49.7 Å². The van der Waals surface area contributed by atoms with Gasteiger partial charge in [-0.05, 0) is 42.0 Å². The predicted octanol–water partition coefficient (Wildman–Crippen LogP) is 3.16. The minimum absolute atomic E-state index is 0.116. The van der Waals surface area contributed by atoms with Crippen LogP contribution in [-0.4, -0.2) is 16.8 Å². The molecule has 0 heterocycles. The van der Waals surface area contributed by atoms with E-state index in [0.29, 0.717) is 16.3 Å². The molecule has 1 unspecified atom stereocenters. The molecule has 1 atom stereocenters. The largest absolute Gasteiger partial charge is 0.508 e. The molecule has 0 spiro atoms. The Balaban J connectivity index is 1.96. The maximum Gasteiger partial charge on any atom is 0.119 e. The van der Waals surface area contributed by atoms with Gasteiger partial charge in [0.15, 0.2) is 0 Å². The van der Waals surface area contributed by atoms with Gasteiger partial charge in [-0.1, -0.05) is 23.7 Å². The molecule has 18 heavy (non-hydrogen) atoms. The Morgan fingerprint density at radius 1 is 1.11 bits per heavy atom. The summed E-state index contributed by atoms with van der Waals surface area (Å²) in [6.45, 7) is 0.116. The van der Waals surface area contributed by atoms with Gasteiger partial charge in [-0.2, -0.15) is 0 Å². The van der Waals surface area contributed by atoms with Gasteiger partial charge < -0.3 is 14.9 Å². The molecule has 2 N–H and O–H groups in total. The summed E-state index contributed by atoms with van der Waals surface area (Å²) >= 11 is 5.75. The number of phenolic OH excluding ortho intramolecular Hbond substituents is 1. The molecule has 0 aliphatic rings. The fourth-order valence-corrected chi connectivity index (χ4v) is 1.66. The van der Waals surface area contributed by atoms with Crippen LogP contribution < -0.4 is 4.74 Å². The van der Waals surface area contributed by atoms with E-state index in [9.17, 15) is 10.2 Å². The van der Waals surface area contributed by atoms with E-state index in [1.165, 1.54) is 6.07 Å². The van der Waals surface area contributed by atoms with Gasteiger partial charge in [0.05, 0.1) is 0 Å². The van der Waals surface area contributed by atoms with E-state index >= 15 is 0 Å². The fraction of sp³-hybridized carbons (Fsp3) is 0.143. The summed E-state index contributed by atoms with van der Waals surface area (Å²) in [6.07, 6.45) is -0.784. The van der Waals surface area contributed by atoms with Crippen LogP contribution in [0, 0.1) is 0 Å². The molecule has 2 aromatic carbocycles. The summed E-state index contributed by atoms with van der Waals surface area (Å²) in [7, 11) is 0. The van der Waals surface area contributed by atoms with E-state index in [2.05, 4.69) is 0 Å². The maximum absolute atomic E-state index is 9.90. The van der Waals surface area contributed by atoms with Gasteiger partial charge in [-0.15, -0.1) is 0 Å². The average molecular weight is 265 g/mol. The number of rotatable bonds is 4. The Bertz CT molecular complexity index is 511. The SMILES string of the molecule is Oc1cccc(C(O)COc2ccc(Cl)cc2)c1. The molecular weight excluding hydrogens is 252 g/mol. The summed E-state index contributed by atoms with van der Waals surface area (Å²) in [5.41, 5.74) is 0.615. The zero-order chi connectivity index (χ0) is 13.0. The maximum atomic E-state index is 9.90. The van der Waals surface area contributed by atoms with Gasteiger partial charge in [0.2, 0.25) is 0 Å². The molecule has 2 rings (SSSR count). The lowest BCUT2D eigenvalue weighted by Gasteiger charge is -2.13. The Morgan fingerprint density at radius 2 is 1.83 bits per heavy atom. The molecule has 2 aromatic rings. The van der Waals surface area contributed by atoms with Crippen molar-refractivity contribution in [2.75, 3.05) is 6.61 Å². The highest BCUT2D eigenvalue weighted by molar-refractivity contribution is 6.30. The smallest absolute Gasteiger partial charge is 0.119 e. The van der Waals surface area contributed by atoms with E-state index in [1.54, 1.807) is 42.5 Å². The van der Waals surface area contributed by atoms with Gasteiger partial charge in [-0.3, -0.25) is 0 Å². The molecule has 0 aliphatic heterocycles. The quantitative estimate of drug-likeness (QED) is 0.892. The highest BCUT2D eigenvalue weighted by Gasteiger charge is 2.08. The Labute approximate surface area is 110 Å². The number of halogens is 1. The number of aliphatic hydroxyl groups is 1. The van der Waals surface area contributed by atoms with Crippen LogP contribution in [-0.2, 0) is 0 Å². The van der Waals surface area contributed by atoms with Crippen molar-refractivity contribution < 1.29 is 14.9 Å².